The number of carbonyl (C=O) groups excluding carboxylic acids is 2. The molecule has 3 amide bonds. The molecule has 1 fully saturated rings. The second-order valence-corrected chi connectivity index (χ2v) is 5.39. The zero-order valence-electron chi connectivity index (χ0n) is 11.2. The van der Waals surface area contributed by atoms with Gasteiger partial charge in [0.25, 0.3) is 0 Å². The molecular formula is C14H11ClN4O3. The van der Waals surface area contributed by atoms with Crippen LogP contribution in [-0.4, -0.2) is 18.2 Å². The molecule has 0 radical (unpaired) electrons. The summed E-state index contributed by atoms with van der Waals surface area (Å²) in [6.07, 6.45) is -0.928. The van der Waals surface area contributed by atoms with Crippen molar-refractivity contribution >= 4 is 23.5 Å². The monoisotopic (exact) mass is 318 g/mol. The van der Waals surface area contributed by atoms with Crippen LogP contribution in [0.2, 0.25) is 5.02 Å². The van der Waals surface area contributed by atoms with E-state index in [1.165, 1.54) is 0 Å². The molecule has 112 valence electrons. The summed E-state index contributed by atoms with van der Waals surface area (Å²) >= 11 is 5.99. The maximum absolute atomic E-state index is 12.2. The molecule has 0 bridgehead atoms. The summed E-state index contributed by atoms with van der Waals surface area (Å²) in [6.45, 7) is 0. The summed E-state index contributed by atoms with van der Waals surface area (Å²) < 4.78 is 5.33. The largest absolute Gasteiger partial charge is 0.454 e. The molecule has 2 aliphatic heterocycles. The molecule has 0 saturated carbocycles. The van der Waals surface area contributed by atoms with Gasteiger partial charge in [0.1, 0.15) is 12.0 Å². The van der Waals surface area contributed by atoms with Crippen molar-refractivity contribution in [2.75, 3.05) is 0 Å². The molecule has 7 nitrogen and oxygen atoms in total. The normalized spacial score (nSPS) is 27.2. The number of amides is 3. The minimum absolute atomic E-state index is 0.108. The molecule has 22 heavy (non-hydrogen) atoms. The summed E-state index contributed by atoms with van der Waals surface area (Å²) in [7, 11) is 0. The van der Waals surface area contributed by atoms with Crippen LogP contribution in [0.25, 0.3) is 0 Å². The number of urea groups is 1. The Labute approximate surface area is 130 Å². The van der Waals surface area contributed by atoms with Gasteiger partial charge in [-0.15, -0.1) is 0 Å². The van der Waals surface area contributed by atoms with Crippen molar-refractivity contribution in [1.82, 2.24) is 10.6 Å². The van der Waals surface area contributed by atoms with E-state index in [1.54, 1.807) is 24.3 Å². The number of nitriles is 1. The predicted molar refractivity (Wildman–Crippen MR) is 76.1 cm³/mol. The molecule has 0 aromatic heterocycles. The lowest BCUT2D eigenvalue weighted by molar-refractivity contribution is -0.132. The van der Waals surface area contributed by atoms with E-state index in [1.807, 2.05) is 6.07 Å². The number of allylic oxidation sites excluding steroid dienone is 1. The molecular weight excluding hydrogens is 308 g/mol. The number of ether oxygens (including phenoxy) is 1. The van der Waals surface area contributed by atoms with Crippen molar-refractivity contribution in [1.29, 1.82) is 5.26 Å². The minimum Gasteiger partial charge on any atom is -0.454 e. The maximum atomic E-state index is 12.2. The smallest absolute Gasteiger partial charge is 0.324 e. The lowest BCUT2D eigenvalue weighted by Gasteiger charge is -2.39. The van der Waals surface area contributed by atoms with Crippen LogP contribution in [0.4, 0.5) is 4.79 Å². The fourth-order valence-electron chi connectivity index (χ4n) is 2.75. The van der Waals surface area contributed by atoms with Crippen LogP contribution in [0.5, 0.6) is 0 Å². The molecule has 1 aromatic carbocycles. The Bertz CT molecular complexity index is 740. The van der Waals surface area contributed by atoms with Crippen molar-refractivity contribution < 1.29 is 14.3 Å². The molecule has 2 aliphatic rings. The Morgan fingerprint density at radius 1 is 1.36 bits per heavy atom. The van der Waals surface area contributed by atoms with Gasteiger partial charge in [0.2, 0.25) is 11.8 Å². The summed E-state index contributed by atoms with van der Waals surface area (Å²) in [5, 5.41) is 14.5. The molecule has 4 N–H and O–H groups in total. The summed E-state index contributed by atoms with van der Waals surface area (Å²) in [4.78, 5) is 23.6. The van der Waals surface area contributed by atoms with Gasteiger partial charge in [0.05, 0.1) is 5.57 Å². The van der Waals surface area contributed by atoms with Crippen molar-refractivity contribution in [2.24, 2.45) is 11.7 Å². The van der Waals surface area contributed by atoms with Gasteiger partial charge >= 0.3 is 6.03 Å². The van der Waals surface area contributed by atoms with Crippen molar-refractivity contribution in [2.45, 2.75) is 12.1 Å². The number of nitrogens with zero attached hydrogens (tertiary/aromatic N) is 1. The van der Waals surface area contributed by atoms with E-state index in [2.05, 4.69) is 10.6 Å². The van der Waals surface area contributed by atoms with Gasteiger partial charge in [-0.05, 0) is 17.7 Å². The number of hydrogen-bond acceptors (Lipinski definition) is 5. The summed E-state index contributed by atoms with van der Waals surface area (Å²) in [5.74, 6) is -2.09. The van der Waals surface area contributed by atoms with E-state index < -0.39 is 30.0 Å². The molecule has 0 spiro atoms. The molecule has 0 aliphatic carbocycles. The third-order valence-electron chi connectivity index (χ3n) is 3.66. The predicted octanol–water partition coefficient (Wildman–Crippen LogP) is 0.929. The van der Waals surface area contributed by atoms with Crippen LogP contribution in [0.1, 0.15) is 11.5 Å². The number of hydrogen-bond donors (Lipinski definition) is 3. The highest BCUT2D eigenvalue weighted by Crippen LogP contribution is 2.40. The standard InChI is InChI=1S/C14H11ClN4O3/c15-7-3-1-2-6(4-7)9-8(5-16)11(17)22-13-10(9)12(20)18-14(21)19-13/h1-4,9-10,13H,17H2,(H2,18,19,20,21). The lowest BCUT2D eigenvalue weighted by Crippen LogP contribution is -2.62. The Morgan fingerprint density at radius 2 is 2.14 bits per heavy atom. The van der Waals surface area contributed by atoms with Crippen LogP contribution < -0.4 is 16.4 Å². The van der Waals surface area contributed by atoms with Crippen molar-refractivity contribution in [3.05, 3.63) is 46.3 Å². The number of carbonyl (C=O) groups is 2. The average molecular weight is 319 g/mol. The fraction of sp³-hybridized carbons (Fsp3) is 0.214. The quantitative estimate of drug-likeness (QED) is 0.712. The van der Waals surface area contributed by atoms with Gasteiger partial charge in [0, 0.05) is 10.9 Å². The van der Waals surface area contributed by atoms with Gasteiger partial charge in [-0.25, -0.2) is 4.79 Å². The van der Waals surface area contributed by atoms with E-state index in [0.717, 1.165) is 0 Å². The van der Waals surface area contributed by atoms with Crippen LogP contribution in [-0.2, 0) is 9.53 Å². The Balaban J connectivity index is 2.14. The molecule has 3 rings (SSSR count). The first-order chi connectivity index (χ1) is 10.5. The van der Waals surface area contributed by atoms with Crippen molar-refractivity contribution in [3.63, 3.8) is 0 Å². The average Bonchev–Trinajstić information content (AvgIpc) is 2.45. The van der Waals surface area contributed by atoms with Gasteiger partial charge < -0.3 is 15.8 Å². The Morgan fingerprint density at radius 3 is 2.82 bits per heavy atom. The number of fused-ring (bicyclic) bond motifs is 1. The second kappa shape index (κ2) is 5.24. The number of rotatable bonds is 1. The molecule has 3 atom stereocenters. The Kier molecular flexibility index (Phi) is 3.39. The van der Waals surface area contributed by atoms with E-state index in [-0.39, 0.29) is 11.5 Å². The topological polar surface area (TPSA) is 117 Å². The zero-order valence-corrected chi connectivity index (χ0v) is 11.9. The highest BCUT2D eigenvalue weighted by molar-refractivity contribution is 6.30. The number of imide groups is 1. The Hall–Kier alpha value is -2.72. The molecule has 2 heterocycles. The first-order valence-electron chi connectivity index (χ1n) is 6.44. The highest BCUT2D eigenvalue weighted by atomic mass is 35.5. The number of nitrogens with two attached hydrogens (primary N) is 1. The third kappa shape index (κ3) is 2.23. The minimum atomic E-state index is -0.928. The number of benzene rings is 1. The lowest BCUT2D eigenvalue weighted by atomic mass is 9.77. The first kappa shape index (κ1) is 14.2. The van der Waals surface area contributed by atoms with Crippen LogP contribution >= 0.6 is 11.6 Å². The number of halogens is 1. The van der Waals surface area contributed by atoms with E-state index in [4.69, 9.17) is 22.1 Å². The first-order valence-corrected chi connectivity index (χ1v) is 6.82. The van der Waals surface area contributed by atoms with E-state index in [0.29, 0.717) is 10.6 Å². The molecule has 8 heteroatoms. The van der Waals surface area contributed by atoms with Gasteiger partial charge in [-0.3, -0.25) is 10.1 Å². The van der Waals surface area contributed by atoms with E-state index in [9.17, 15) is 14.9 Å². The fourth-order valence-corrected chi connectivity index (χ4v) is 2.95. The van der Waals surface area contributed by atoms with Crippen LogP contribution in [0.3, 0.4) is 0 Å². The summed E-state index contributed by atoms with van der Waals surface area (Å²) in [6, 6.07) is 8.12. The van der Waals surface area contributed by atoms with Gasteiger partial charge in [0.15, 0.2) is 6.23 Å². The number of nitrogens with one attached hydrogen (secondary N) is 2. The van der Waals surface area contributed by atoms with Crippen LogP contribution in [0.15, 0.2) is 35.7 Å². The van der Waals surface area contributed by atoms with Gasteiger partial charge in [-0.1, -0.05) is 23.7 Å². The SMILES string of the molecule is N#CC1=C(N)OC2NC(=O)NC(=O)C2C1c1cccc(Cl)c1. The summed E-state index contributed by atoms with van der Waals surface area (Å²) in [5.41, 5.74) is 6.56. The molecule has 1 aromatic rings. The van der Waals surface area contributed by atoms with Crippen LogP contribution in [0, 0.1) is 17.2 Å². The van der Waals surface area contributed by atoms with Crippen molar-refractivity contribution in [3.8, 4) is 6.07 Å². The zero-order chi connectivity index (χ0) is 15.9. The third-order valence-corrected chi connectivity index (χ3v) is 3.89. The highest BCUT2D eigenvalue weighted by Gasteiger charge is 2.48. The maximum Gasteiger partial charge on any atom is 0.324 e. The second-order valence-electron chi connectivity index (χ2n) is 4.95. The van der Waals surface area contributed by atoms with E-state index >= 15 is 0 Å². The molecule has 1 saturated heterocycles. The molecule has 3 unspecified atom stereocenters. The van der Waals surface area contributed by atoms with Gasteiger partial charge in [-0.2, -0.15) is 5.26 Å².